The Kier molecular flexibility index (Phi) is 7.50. The lowest BCUT2D eigenvalue weighted by atomic mass is 9.86. The van der Waals surface area contributed by atoms with Crippen LogP contribution in [0.4, 0.5) is 8.78 Å². The molecule has 3 unspecified atom stereocenters. The Labute approximate surface area is 216 Å². The summed E-state index contributed by atoms with van der Waals surface area (Å²) in [4.78, 5) is 15.7. The maximum atomic E-state index is 13.6. The zero-order valence-corrected chi connectivity index (χ0v) is 22.4. The number of piperidine rings is 1. The van der Waals surface area contributed by atoms with Crippen LogP contribution in [0.3, 0.4) is 0 Å². The molecule has 3 aliphatic rings. The Bertz CT molecular complexity index is 1020. The van der Waals surface area contributed by atoms with Gasteiger partial charge in [-0.2, -0.15) is 11.3 Å². The minimum atomic E-state index is -2.61. The molecule has 0 radical (unpaired) electrons. The third-order valence-electron chi connectivity index (χ3n) is 8.66. The smallest absolute Gasteiger partial charge is 0.248 e. The highest BCUT2D eigenvalue weighted by Gasteiger charge is 2.42. The van der Waals surface area contributed by atoms with E-state index < -0.39 is 5.92 Å². The van der Waals surface area contributed by atoms with Gasteiger partial charge in [-0.05, 0) is 74.3 Å². The zero-order valence-electron chi connectivity index (χ0n) is 21.6. The number of rotatable bonds is 8. The average Bonchev–Trinajstić information content (AvgIpc) is 3.55. The lowest BCUT2D eigenvalue weighted by molar-refractivity contribution is -0.130. The second-order valence-electron chi connectivity index (χ2n) is 11.4. The van der Waals surface area contributed by atoms with Crippen molar-refractivity contribution in [3.05, 3.63) is 34.0 Å². The normalized spacial score (nSPS) is 27.4. The van der Waals surface area contributed by atoms with E-state index in [0.717, 1.165) is 43.0 Å². The summed E-state index contributed by atoms with van der Waals surface area (Å²) in [5.41, 5.74) is 1.12. The van der Waals surface area contributed by atoms with Gasteiger partial charge in [0.15, 0.2) is 0 Å². The van der Waals surface area contributed by atoms with Crippen molar-refractivity contribution >= 4 is 17.2 Å². The van der Waals surface area contributed by atoms with Gasteiger partial charge >= 0.3 is 0 Å². The lowest BCUT2D eigenvalue weighted by Crippen LogP contribution is -2.45. The van der Waals surface area contributed by atoms with Crippen LogP contribution in [0, 0.1) is 12.8 Å². The van der Waals surface area contributed by atoms with E-state index in [-0.39, 0.29) is 43.6 Å². The average molecular weight is 520 g/mol. The van der Waals surface area contributed by atoms with Crippen LogP contribution in [0.5, 0.6) is 0 Å². The van der Waals surface area contributed by atoms with Gasteiger partial charge in [-0.15, -0.1) is 10.2 Å². The molecule has 2 saturated heterocycles. The summed E-state index contributed by atoms with van der Waals surface area (Å²) in [6.07, 6.45) is 5.67. The Morgan fingerprint density at radius 2 is 1.83 bits per heavy atom. The first-order valence-electron chi connectivity index (χ1n) is 13.6. The molecule has 2 aromatic heterocycles. The van der Waals surface area contributed by atoms with Crippen molar-refractivity contribution in [3.63, 3.8) is 0 Å². The van der Waals surface area contributed by atoms with Crippen LogP contribution in [-0.2, 0) is 4.79 Å². The highest BCUT2D eigenvalue weighted by molar-refractivity contribution is 7.08. The lowest BCUT2D eigenvalue weighted by Gasteiger charge is -2.40. The maximum Gasteiger partial charge on any atom is 0.248 e. The van der Waals surface area contributed by atoms with Crippen molar-refractivity contribution in [1.82, 2.24) is 25.0 Å². The van der Waals surface area contributed by atoms with Crippen LogP contribution in [0.15, 0.2) is 16.8 Å². The number of fused-ring (bicyclic) bond motifs is 2. The number of nitrogens with one attached hydrogen (secondary N) is 1. The molecule has 2 aliphatic heterocycles. The van der Waals surface area contributed by atoms with E-state index in [1.54, 1.807) is 11.3 Å². The molecular formula is C27H39F2N5OS. The molecule has 3 atom stereocenters. The van der Waals surface area contributed by atoms with Crippen LogP contribution in [0.2, 0.25) is 0 Å². The zero-order chi connectivity index (χ0) is 25.4. The van der Waals surface area contributed by atoms with Gasteiger partial charge < -0.3 is 9.88 Å². The number of aromatic nitrogens is 3. The summed E-state index contributed by atoms with van der Waals surface area (Å²) >= 11 is 1.63. The van der Waals surface area contributed by atoms with Crippen LogP contribution in [-0.4, -0.2) is 50.1 Å². The first kappa shape index (κ1) is 25.8. The van der Waals surface area contributed by atoms with Crippen molar-refractivity contribution < 1.29 is 13.6 Å². The molecule has 3 fully saturated rings. The fourth-order valence-electron chi connectivity index (χ4n) is 6.72. The minimum Gasteiger partial charge on any atom is -0.349 e. The molecule has 2 bridgehead atoms. The largest absolute Gasteiger partial charge is 0.349 e. The second-order valence-corrected chi connectivity index (χ2v) is 12.2. The van der Waals surface area contributed by atoms with Crippen molar-refractivity contribution in [2.45, 2.75) is 115 Å². The Balaban J connectivity index is 1.22. The Morgan fingerprint density at radius 3 is 2.44 bits per heavy atom. The van der Waals surface area contributed by atoms with Crippen LogP contribution in [0.1, 0.15) is 107 Å². The Hall–Kier alpha value is -1.87. The second kappa shape index (κ2) is 10.5. The number of hydrogen-bond acceptors (Lipinski definition) is 5. The van der Waals surface area contributed by atoms with Crippen molar-refractivity contribution in [1.29, 1.82) is 0 Å². The van der Waals surface area contributed by atoms with Crippen LogP contribution in [0.25, 0.3) is 0 Å². The summed E-state index contributed by atoms with van der Waals surface area (Å²) in [6, 6.07) is 3.53. The first-order chi connectivity index (χ1) is 17.2. The van der Waals surface area contributed by atoms with Crippen molar-refractivity contribution in [3.8, 4) is 0 Å². The predicted molar refractivity (Wildman–Crippen MR) is 137 cm³/mol. The fourth-order valence-corrected chi connectivity index (χ4v) is 7.43. The van der Waals surface area contributed by atoms with Crippen LogP contribution >= 0.6 is 11.3 Å². The van der Waals surface area contributed by atoms with Crippen LogP contribution < -0.4 is 5.32 Å². The number of thiophene rings is 1. The standard InChI is InChI=1S/C27H39F2N5OS/c1-17(2)25-32-31-18(3)34(25)23-14-21-4-5-22(15-23)33(21)12-8-24(20-9-13-36-16-20)30-26(35)19-6-10-27(28,29)11-7-19/h9,13,16-17,19,21-24H,4-8,10-12,14-15H2,1-3H3,(H,30,35). The van der Waals surface area contributed by atoms with Gasteiger partial charge in [0, 0.05) is 49.3 Å². The van der Waals surface area contributed by atoms with E-state index in [1.807, 2.05) is 5.38 Å². The van der Waals surface area contributed by atoms with E-state index in [9.17, 15) is 13.6 Å². The van der Waals surface area contributed by atoms with Gasteiger partial charge in [-0.1, -0.05) is 13.8 Å². The van der Waals surface area contributed by atoms with Crippen molar-refractivity contribution in [2.75, 3.05) is 6.54 Å². The third-order valence-corrected chi connectivity index (χ3v) is 9.36. The number of alkyl halides is 2. The molecule has 9 heteroatoms. The molecule has 2 aromatic rings. The number of hydrogen-bond donors (Lipinski definition) is 1. The van der Waals surface area contributed by atoms with Gasteiger partial charge in [-0.25, -0.2) is 8.78 Å². The van der Waals surface area contributed by atoms with E-state index in [4.69, 9.17) is 0 Å². The highest BCUT2D eigenvalue weighted by Crippen LogP contribution is 2.42. The SMILES string of the molecule is Cc1nnc(C(C)C)n1C1CC2CCC(C1)N2CCC(NC(=O)C1CCC(F)(F)CC1)c1ccsc1. The van der Waals surface area contributed by atoms with E-state index in [2.05, 4.69) is 57.2 Å². The molecule has 0 spiro atoms. The van der Waals surface area contributed by atoms with E-state index >= 15 is 0 Å². The molecule has 36 heavy (non-hydrogen) atoms. The number of amides is 1. The summed E-state index contributed by atoms with van der Waals surface area (Å²) < 4.78 is 29.6. The fraction of sp³-hybridized carbons (Fsp3) is 0.741. The number of aryl methyl sites for hydroxylation is 1. The number of carbonyl (C=O) groups excluding carboxylic acids is 1. The molecule has 1 amide bonds. The summed E-state index contributed by atoms with van der Waals surface area (Å²) in [5, 5.41) is 16.2. The number of halogens is 2. The number of carbonyl (C=O) groups is 1. The molecule has 1 saturated carbocycles. The summed E-state index contributed by atoms with van der Waals surface area (Å²) in [5.74, 6) is -0.529. The maximum absolute atomic E-state index is 13.6. The molecule has 6 nitrogen and oxygen atoms in total. The van der Waals surface area contributed by atoms with Gasteiger partial charge in [-0.3, -0.25) is 9.69 Å². The monoisotopic (exact) mass is 519 g/mol. The Morgan fingerprint density at radius 1 is 1.14 bits per heavy atom. The topological polar surface area (TPSA) is 63.1 Å². The first-order valence-corrected chi connectivity index (χ1v) is 14.5. The number of nitrogens with zero attached hydrogens (tertiary/aromatic N) is 4. The van der Waals surface area contributed by atoms with E-state index in [1.165, 1.54) is 12.8 Å². The van der Waals surface area contributed by atoms with Gasteiger partial charge in [0.1, 0.15) is 11.6 Å². The van der Waals surface area contributed by atoms with Gasteiger partial charge in [0.05, 0.1) is 6.04 Å². The molecule has 1 N–H and O–H groups in total. The summed E-state index contributed by atoms with van der Waals surface area (Å²) in [7, 11) is 0. The molecule has 5 rings (SSSR count). The summed E-state index contributed by atoms with van der Waals surface area (Å²) in [6.45, 7) is 7.36. The molecular weight excluding hydrogens is 480 g/mol. The molecule has 4 heterocycles. The molecule has 198 valence electrons. The predicted octanol–water partition coefficient (Wildman–Crippen LogP) is 6.01. The highest BCUT2D eigenvalue weighted by atomic mass is 32.1. The third kappa shape index (κ3) is 5.37. The minimum absolute atomic E-state index is 0.0623. The molecule has 1 aliphatic carbocycles. The van der Waals surface area contributed by atoms with Crippen molar-refractivity contribution in [2.24, 2.45) is 5.92 Å². The quantitative estimate of drug-likeness (QED) is 0.464. The van der Waals surface area contributed by atoms with Gasteiger partial charge in [0.2, 0.25) is 11.8 Å². The van der Waals surface area contributed by atoms with Gasteiger partial charge in [0.25, 0.3) is 0 Å². The van der Waals surface area contributed by atoms with E-state index in [0.29, 0.717) is 24.0 Å². The molecule has 0 aromatic carbocycles.